The Bertz CT molecular complexity index is 1200. The standard InChI is InChI=1S/C28H30N2O5S/c1-4-5-16-35-28(33)20-12-14-22(15-13-20)29-26(31)19(2)36-25-11-7-9-23(18-25)30-27(32)21-8-6-10-24(17-21)34-3/h6-15,17-19H,4-5,16H2,1-3H3,(H,29,31)(H,30,32). The van der Waals surface area contributed by atoms with Crippen molar-refractivity contribution in [3.8, 4) is 5.75 Å². The van der Waals surface area contributed by atoms with Crippen LogP contribution in [0.3, 0.4) is 0 Å². The molecule has 0 fully saturated rings. The molecule has 3 rings (SSSR count). The molecule has 2 N–H and O–H groups in total. The number of benzene rings is 3. The molecular weight excluding hydrogens is 476 g/mol. The van der Waals surface area contributed by atoms with Crippen molar-refractivity contribution in [1.82, 2.24) is 0 Å². The van der Waals surface area contributed by atoms with Gasteiger partial charge >= 0.3 is 5.97 Å². The van der Waals surface area contributed by atoms with Crippen LogP contribution in [0, 0.1) is 0 Å². The summed E-state index contributed by atoms with van der Waals surface area (Å²) >= 11 is 1.38. The van der Waals surface area contributed by atoms with Crippen molar-refractivity contribution >= 4 is 40.9 Å². The maximum atomic E-state index is 12.7. The van der Waals surface area contributed by atoms with Gasteiger partial charge in [0.05, 0.1) is 24.5 Å². The lowest BCUT2D eigenvalue weighted by atomic mass is 10.2. The van der Waals surface area contributed by atoms with Gasteiger partial charge in [-0.3, -0.25) is 9.59 Å². The van der Waals surface area contributed by atoms with Gasteiger partial charge in [-0.1, -0.05) is 25.5 Å². The van der Waals surface area contributed by atoms with Crippen LogP contribution >= 0.6 is 11.8 Å². The number of ether oxygens (including phenoxy) is 2. The van der Waals surface area contributed by atoms with Crippen molar-refractivity contribution in [2.24, 2.45) is 0 Å². The number of anilines is 2. The number of carbonyl (C=O) groups is 3. The zero-order valence-corrected chi connectivity index (χ0v) is 21.4. The number of hydrogen-bond donors (Lipinski definition) is 2. The molecule has 0 radical (unpaired) electrons. The topological polar surface area (TPSA) is 93.7 Å². The van der Waals surface area contributed by atoms with E-state index in [1.54, 1.807) is 68.6 Å². The van der Waals surface area contributed by atoms with Crippen LogP contribution in [0.15, 0.2) is 77.7 Å². The summed E-state index contributed by atoms with van der Waals surface area (Å²) in [5.74, 6) is -0.194. The van der Waals surface area contributed by atoms with E-state index in [1.165, 1.54) is 11.8 Å². The fourth-order valence-corrected chi connectivity index (χ4v) is 4.12. The molecule has 0 aliphatic rings. The second-order valence-electron chi connectivity index (χ2n) is 8.03. The summed E-state index contributed by atoms with van der Waals surface area (Å²) in [6.45, 7) is 4.23. The Kier molecular flexibility index (Phi) is 9.94. The van der Waals surface area contributed by atoms with E-state index in [0.717, 1.165) is 17.7 Å². The average Bonchev–Trinajstić information content (AvgIpc) is 2.89. The third-order valence-corrected chi connectivity index (χ3v) is 6.32. The maximum Gasteiger partial charge on any atom is 0.338 e. The van der Waals surface area contributed by atoms with Crippen LogP contribution in [-0.4, -0.2) is 36.8 Å². The molecule has 0 saturated heterocycles. The zero-order chi connectivity index (χ0) is 25.9. The quantitative estimate of drug-likeness (QED) is 0.188. The van der Waals surface area contributed by atoms with Crippen LogP contribution in [0.5, 0.6) is 5.75 Å². The molecule has 8 heteroatoms. The van der Waals surface area contributed by atoms with Crippen molar-refractivity contribution in [2.45, 2.75) is 36.8 Å². The molecule has 36 heavy (non-hydrogen) atoms. The molecule has 0 aliphatic carbocycles. The van der Waals surface area contributed by atoms with Crippen LogP contribution in [-0.2, 0) is 9.53 Å². The van der Waals surface area contributed by atoms with Gasteiger partial charge in [0.2, 0.25) is 5.91 Å². The van der Waals surface area contributed by atoms with Gasteiger partial charge < -0.3 is 20.1 Å². The zero-order valence-electron chi connectivity index (χ0n) is 20.6. The lowest BCUT2D eigenvalue weighted by Gasteiger charge is -2.13. The summed E-state index contributed by atoms with van der Waals surface area (Å²) < 4.78 is 10.4. The Labute approximate surface area is 215 Å². The van der Waals surface area contributed by atoms with Gasteiger partial charge in [0.25, 0.3) is 5.91 Å². The highest BCUT2D eigenvalue weighted by atomic mass is 32.2. The molecule has 0 spiro atoms. The first-order chi connectivity index (χ1) is 17.4. The van der Waals surface area contributed by atoms with Crippen molar-refractivity contribution in [1.29, 1.82) is 0 Å². The van der Waals surface area contributed by atoms with Gasteiger partial charge in [0.1, 0.15) is 5.75 Å². The molecule has 1 unspecified atom stereocenters. The summed E-state index contributed by atoms with van der Waals surface area (Å²) in [6, 6.07) is 20.9. The summed E-state index contributed by atoms with van der Waals surface area (Å²) in [5.41, 5.74) is 2.15. The number of nitrogens with one attached hydrogen (secondary N) is 2. The highest BCUT2D eigenvalue weighted by Gasteiger charge is 2.16. The second kappa shape index (κ2) is 13.3. The highest BCUT2D eigenvalue weighted by molar-refractivity contribution is 8.00. The summed E-state index contributed by atoms with van der Waals surface area (Å²) in [6.07, 6.45) is 1.78. The molecule has 188 valence electrons. The number of rotatable bonds is 11. The molecule has 0 bridgehead atoms. The molecule has 3 aromatic rings. The van der Waals surface area contributed by atoms with E-state index in [1.807, 2.05) is 25.1 Å². The summed E-state index contributed by atoms with van der Waals surface area (Å²) in [5, 5.41) is 5.35. The molecule has 0 aliphatic heterocycles. The Balaban J connectivity index is 1.55. The third-order valence-electron chi connectivity index (χ3n) is 5.23. The first-order valence-electron chi connectivity index (χ1n) is 11.7. The van der Waals surface area contributed by atoms with Crippen LogP contribution in [0.2, 0.25) is 0 Å². The van der Waals surface area contributed by atoms with Crippen LogP contribution in [0.4, 0.5) is 11.4 Å². The van der Waals surface area contributed by atoms with E-state index in [-0.39, 0.29) is 17.8 Å². The molecule has 0 saturated carbocycles. The van der Waals surface area contributed by atoms with Crippen LogP contribution in [0.1, 0.15) is 47.4 Å². The van der Waals surface area contributed by atoms with E-state index in [9.17, 15) is 14.4 Å². The van der Waals surface area contributed by atoms with Crippen molar-refractivity contribution in [2.75, 3.05) is 24.4 Å². The van der Waals surface area contributed by atoms with Gasteiger partial charge in [-0.2, -0.15) is 0 Å². The number of carbonyl (C=O) groups excluding carboxylic acids is 3. The van der Waals surface area contributed by atoms with E-state index in [0.29, 0.717) is 34.9 Å². The predicted molar refractivity (Wildman–Crippen MR) is 143 cm³/mol. The van der Waals surface area contributed by atoms with E-state index >= 15 is 0 Å². The van der Waals surface area contributed by atoms with Crippen molar-refractivity contribution in [3.05, 3.63) is 83.9 Å². The molecule has 7 nitrogen and oxygen atoms in total. The van der Waals surface area contributed by atoms with E-state index in [4.69, 9.17) is 9.47 Å². The normalized spacial score (nSPS) is 11.3. The van der Waals surface area contributed by atoms with Crippen LogP contribution in [0.25, 0.3) is 0 Å². The molecule has 3 aromatic carbocycles. The Morgan fingerprint density at radius 3 is 2.36 bits per heavy atom. The highest BCUT2D eigenvalue weighted by Crippen LogP contribution is 2.27. The number of amides is 2. The minimum atomic E-state index is -0.395. The minimum absolute atomic E-state index is 0.177. The number of methoxy groups -OCH3 is 1. The molecular formula is C28H30N2O5S. The van der Waals surface area contributed by atoms with Gasteiger partial charge in [-0.25, -0.2) is 4.79 Å². The molecule has 1 atom stereocenters. The third kappa shape index (κ3) is 7.88. The Hall–Kier alpha value is -3.78. The number of hydrogen-bond acceptors (Lipinski definition) is 6. The van der Waals surface area contributed by atoms with Crippen LogP contribution < -0.4 is 15.4 Å². The molecule has 2 amide bonds. The number of thioether (sulfide) groups is 1. The van der Waals surface area contributed by atoms with E-state index < -0.39 is 5.25 Å². The monoisotopic (exact) mass is 506 g/mol. The minimum Gasteiger partial charge on any atom is -0.497 e. The van der Waals surface area contributed by atoms with E-state index in [2.05, 4.69) is 10.6 Å². The molecule has 0 aromatic heterocycles. The number of unbranched alkanes of at least 4 members (excludes halogenated alkanes) is 1. The maximum absolute atomic E-state index is 12.7. The van der Waals surface area contributed by atoms with Crippen molar-refractivity contribution in [3.63, 3.8) is 0 Å². The SMILES string of the molecule is CCCCOC(=O)c1ccc(NC(=O)C(C)Sc2cccc(NC(=O)c3cccc(OC)c3)c2)cc1. The van der Waals surface area contributed by atoms with Gasteiger partial charge in [-0.15, -0.1) is 11.8 Å². The Morgan fingerprint density at radius 2 is 1.64 bits per heavy atom. The lowest BCUT2D eigenvalue weighted by Crippen LogP contribution is -2.22. The molecule has 0 heterocycles. The van der Waals surface area contributed by atoms with Gasteiger partial charge in [-0.05, 0) is 74.0 Å². The first kappa shape index (κ1) is 26.8. The predicted octanol–water partition coefficient (Wildman–Crippen LogP) is 6.02. The average molecular weight is 507 g/mol. The summed E-state index contributed by atoms with van der Waals surface area (Å²) in [4.78, 5) is 38.2. The first-order valence-corrected chi connectivity index (χ1v) is 12.6. The fourth-order valence-electron chi connectivity index (χ4n) is 3.20. The largest absolute Gasteiger partial charge is 0.497 e. The van der Waals surface area contributed by atoms with Crippen molar-refractivity contribution < 1.29 is 23.9 Å². The summed E-state index contributed by atoms with van der Waals surface area (Å²) in [7, 11) is 1.55. The van der Waals surface area contributed by atoms with Gasteiger partial charge in [0.15, 0.2) is 0 Å². The lowest BCUT2D eigenvalue weighted by molar-refractivity contribution is -0.115. The fraction of sp³-hybridized carbons (Fsp3) is 0.250. The smallest absolute Gasteiger partial charge is 0.338 e. The second-order valence-corrected chi connectivity index (χ2v) is 9.44. The number of esters is 1. The van der Waals surface area contributed by atoms with Gasteiger partial charge in [0, 0.05) is 21.8 Å². The Morgan fingerprint density at radius 1 is 0.889 bits per heavy atom.